The maximum Gasteiger partial charge on any atom is 0.246 e. The van der Waals surface area contributed by atoms with Gasteiger partial charge in [-0.3, -0.25) is 14.3 Å². The van der Waals surface area contributed by atoms with Gasteiger partial charge in [0, 0.05) is 30.5 Å². The summed E-state index contributed by atoms with van der Waals surface area (Å²) in [6.07, 6.45) is 5.78. The van der Waals surface area contributed by atoms with Gasteiger partial charge < -0.3 is 10.2 Å². The molecule has 1 unspecified atom stereocenters. The third-order valence-electron chi connectivity index (χ3n) is 4.78. The Morgan fingerprint density at radius 1 is 1.03 bits per heavy atom. The van der Waals surface area contributed by atoms with E-state index in [0.717, 1.165) is 30.3 Å². The second-order valence-electron chi connectivity index (χ2n) is 7.31. The predicted octanol–water partition coefficient (Wildman–Crippen LogP) is 2.95. The van der Waals surface area contributed by atoms with Gasteiger partial charge in [-0.2, -0.15) is 0 Å². The van der Waals surface area contributed by atoms with E-state index in [1.807, 2.05) is 30.3 Å². The first-order chi connectivity index (χ1) is 14.3. The number of amides is 2. The van der Waals surface area contributed by atoms with E-state index >= 15 is 0 Å². The first kappa shape index (κ1) is 21.6. The van der Waals surface area contributed by atoms with E-state index in [4.69, 9.17) is 0 Å². The molecule has 0 aliphatic carbocycles. The quantitative estimate of drug-likeness (QED) is 0.693. The molecule has 0 bridgehead atoms. The SMILES string of the molecule is CS(=O)(=O)Nc1ccc(/C=C/C(=O)N2CCCC(C(=O)Nc3ccccc3)C2)cc1. The van der Waals surface area contributed by atoms with Crippen molar-refractivity contribution in [3.63, 3.8) is 0 Å². The largest absolute Gasteiger partial charge is 0.338 e. The average Bonchev–Trinajstić information content (AvgIpc) is 2.73. The van der Waals surface area contributed by atoms with Crippen molar-refractivity contribution in [3.8, 4) is 0 Å². The van der Waals surface area contributed by atoms with Gasteiger partial charge in [-0.25, -0.2) is 8.42 Å². The lowest BCUT2D eigenvalue weighted by atomic mass is 9.97. The van der Waals surface area contributed by atoms with Crippen LogP contribution < -0.4 is 10.0 Å². The Kier molecular flexibility index (Phi) is 6.89. The molecule has 0 spiro atoms. The number of hydrogen-bond acceptors (Lipinski definition) is 4. The summed E-state index contributed by atoms with van der Waals surface area (Å²) in [5.74, 6) is -0.458. The van der Waals surface area contributed by atoms with E-state index < -0.39 is 10.0 Å². The van der Waals surface area contributed by atoms with Gasteiger partial charge in [-0.15, -0.1) is 0 Å². The number of likely N-dealkylation sites (tertiary alicyclic amines) is 1. The van der Waals surface area contributed by atoms with Crippen LogP contribution in [0.25, 0.3) is 6.08 Å². The van der Waals surface area contributed by atoms with E-state index in [9.17, 15) is 18.0 Å². The minimum absolute atomic E-state index is 0.0726. The summed E-state index contributed by atoms with van der Waals surface area (Å²) in [7, 11) is -3.32. The molecule has 1 fully saturated rings. The Balaban J connectivity index is 1.56. The highest BCUT2D eigenvalue weighted by Gasteiger charge is 2.27. The molecule has 0 saturated carbocycles. The van der Waals surface area contributed by atoms with Crippen LogP contribution in [0.1, 0.15) is 18.4 Å². The molecule has 1 aliphatic rings. The zero-order valence-electron chi connectivity index (χ0n) is 16.7. The molecular weight excluding hydrogens is 402 g/mol. The lowest BCUT2D eigenvalue weighted by molar-refractivity contribution is -0.130. The van der Waals surface area contributed by atoms with Gasteiger partial charge >= 0.3 is 0 Å². The summed E-state index contributed by atoms with van der Waals surface area (Å²) in [5.41, 5.74) is 1.99. The van der Waals surface area contributed by atoms with Gasteiger partial charge in [-0.1, -0.05) is 30.3 Å². The van der Waals surface area contributed by atoms with Gasteiger partial charge in [0.1, 0.15) is 0 Å². The average molecular weight is 428 g/mol. The normalized spacial score (nSPS) is 17.0. The molecule has 8 heteroatoms. The Morgan fingerprint density at radius 2 is 1.73 bits per heavy atom. The Hall–Kier alpha value is -3.13. The van der Waals surface area contributed by atoms with E-state index in [2.05, 4.69) is 10.0 Å². The molecule has 2 amide bonds. The molecule has 2 aromatic rings. The summed E-state index contributed by atoms with van der Waals surface area (Å²) in [4.78, 5) is 26.8. The zero-order chi connectivity index (χ0) is 21.6. The lowest BCUT2D eigenvalue weighted by Gasteiger charge is -2.31. The molecule has 2 aromatic carbocycles. The minimum atomic E-state index is -3.32. The maximum atomic E-state index is 12.6. The van der Waals surface area contributed by atoms with E-state index in [1.165, 1.54) is 6.08 Å². The summed E-state index contributed by atoms with van der Waals surface area (Å²) >= 11 is 0. The summed E-state index contributed by atoms with van der Waals surface area (Å²) in [6, 6.07) is 16.0. The molecule has 7 nitrogen and oxygen atoms in total. The van der Waals surface area contributed by atoms with E-state index in [0.29, 0.717) is 18.8 Å². The number of carbonyl (C=O) groups excluding carboxylic acids is 2. The van der Waals surface area contributed by atoms with Crippen molar-refractivity contribution < 1.29 is 18.0 Å². The standard InChI is InChI=1S/C22H25N3O4S/c1-30(28,29)24-20-12-9-17(10-13-20)11-14-21(26)25-15-5-6-18(16-25)22(27)23-19-7-3-2-4-8-19/h2-4,7-14,18,24H,5-6,15-16H2,1H3,(H,23,27)/b14-11+. The molecule has 30 heavy (non-hydrogen) atoms. The number of piperidine rings is 1. The fourth-order valence-corrected chi connectivity index (χ4v) is 3.87. The van der Waals surface area contributed by atoms with Crippen molar-refractivity contribution in [2.75, 3.05) is 29.4 Å². The zero-order valence-corrected chi connectivity index (χ0v) is 17.6. The molecule has 158 valence electrons. The van der Waals surface area contributed by atoms with Crippen LogP contribution >= 0.6 is 0 Å². The number of carbonyl (C=O) groups is 2. The number of rotatable bonds is 6. The van der Waals surface area contributed by atoms with Crippen molar-refractivity contribution in [2.45, 2.75) is 12.8 Å². The van der Waals surface area contributed by atoms with Crippen LogP contribution in [0.5, 0.6) is 0 Å². The first-order valence-corrected chi connectivity index (χ1v) is 11.6. The number of sulfonamides is 1. The number of hydrogen-bond donors (Lipinski definition) is 2. The van der Waals surface area contributed by atoms with Crippen LogP contribution in [-0.4, -0.2) is 44.5 Å². The van der Waals surface area contributed by atoms with Crippen LogP contribution in [0.3, 0.4) is 0 Å². The molecule has 0 radical (unpaired) electrons. The molecular formula is C22H25N3O4S. The van der Waals surface area contributed by atoms with Crippen LogP contribution in [0.2, 0.25) is 0 Å². The maximum absolute atomic E-state index is 12.6. The first-order valence-electron chi connectivity index (χ1n) is 9.71. The molecule has 1 aliphatic heterocycles. The van der Waals surface area contributed by atoms with Crippen LogP contribution in [-0.2, 0) is 19.6 Å². The highest BCUT2D eigenvalue weighted by atomic mass is 32.2. The number of benzene rings is 2. The van der Waals surface area contributed by atoms with Crippen molar-refractivity contribution in [2.24, 2.45) is 5.92 Å². The van der Waals surface area contributed by atoms with Crippen molar-refractivity contribution in [3.05, 3.63) is 66.2 Å². The van der Waals surface area contributed by atoms with Crippen molar-refractivity contribution in [1.82, 2.24) is 4.90 Å². The molecule has 3 rings (SSSR count). The second-order valence-corrected chi connectivity index (χ2v) is 9.06. The van der Waals surface area contributed by atoms with Crippen LogP contribution in [0.15, 0.2) is 60.7 Å². The summed E-state index contributed by atoms with van der Waals surface area (Å²) < 4.78 is 24.9. The van der Waals surface area contributed by atoms with Gasteiger partial charge in [0.2, 0.25) is 21.8 Å². The lowest BCUT2D eigenvalue weighted by Crippen LogP contribution is -2.43. The Labute approximate surface area is 176 Å². The van der Waals surface area contributed by atoms with E-state index in [-0.39, 0.29) is 17.7 Å². The summed E-state index contributed by atoms with van der Waals surface area (Å²) in [6.45, 7) is 1.01. The Bertz CT molecular complexity index is 1020. The monoisotopic (exact) mass is 427 g/mol. The fraction of sp³-hybridized carbons (Fsp3) is 0.273. The summed E-state index contributed by atoms with van der Waals surface area (Å²) in [5, 5.41) is 2.91. The Morgan fingerprint density at radius 3 is 2.40 bits per heavy atom. The molecule has 1 atom stereocenters. The van der Waals surface area contributed by atoms with Crippen molar-refractivity contribution in [1.29, 1.82) is 0 Å². The third-order valence-corrected chi connectivity index (χ3v) is 5.38. The second kappa shape index (κ2) is 9.58. The van der Waals surface area contributed by atoms with Crippen molar-refractivity contribution >= 4 is 39.3 Å². The topological polar surface area (TPSA) is 95.6 Å². The number of anilines is 2. The highest BCUT2D eigenvalue weighted by Crippen LogP contribution is 2.19. The van der Waals surface area contributed by atoms with E-state index in [1.54, 1.807) is 35.2 Å². The minimum Gasteiger partial charge on any atom is -0.338 e. The molecule has 0 aromatic heterocycles. The van der Waals surface area contributed by atoms with Gasteiger partial charge in [0.25, 0.3) is 0 Å². The molecule has 1 heterocycles. The number of nitrogens with zero attached hydrogens (tertiary/aromatic N) is 1. The smallest absolute Gasteiger partial charge is 0.246 e. The number of para-hydroxylation sites is 1. The van der Waals surface area contributed by atoms with Gasteiger partial charge in [-0.05, 0) is 48.7 Å². The number of nitrogens with one attached hydrogen (secondary N) is 2. The predicted molar refractivity (Wildman–Crippen MR) is 118 cm³/mol. The molecule has 2 N–H and O–H groups in total. The van der Waals surface area contributed by atoms with Crippen LogP contribution in [0.4, 0.5) is 11.4 Å². The molecule has 1 saturated heterocycles. The third kappa shape index (κ3) is 6.45. The highest BCUT2D eigenvalue weighted by molar-refractivity contribution is 7.92. The van der Waals surface area contributed by atoms with Crippen LogP contribution in [0, 0.1) is 5.92 Å². The fourth-order valence-electron chi connectivity index (χ4n) is 3.31. The van der Waals surface area contributed by atoms with Gasteiger partial charge in [0.05, 0.1) is 12.2 Å². The van der Waals surface area contributed by atoms with Gasteiger partial charge in [0.15, 0.2) is 0 Å².